The molecule has 0 aliphatic rings. The van der Waals surface area contributed by atoms with E-state index in [2.05, 4.69) is 16.0 Å². The van der Waals surface area contributed by atoms with Crippen LogP contribution in [0.3, 0.4) is 0 Å². The first-order chi connectivity index (χ1) is 8.63. The molecule has 0 heterocycles. The van der Waals surface area contributed by atoms with Crippen LogP contribution >= 0.6 is 0 Å². The lowest BCUT2D eigenvalue weighted by molar-refractivity contribution is -0.384. The number of nitro groups is 1. The standard InChI is InChI=1S/C11H16N4O3/c1-2-12-7-8-13-11(16)14-9-3-5-10(6-4-9)15(17)18/h3-6,12H,2,7-8H2,1H3,(H2,13,14,16). The van der Waals surface area contributed by atoms with Gasteiger partial charge in [0.25, 0.3) is 5.69 Å². The predicted molar refractivity (Wildman–Crippen MR) is 68.7 cm³/mol. The molecule has 0 aromatic heterocycles. The smallest absolute Gasteiger partial charge is 0.319 e. The number of non-ortho nitro benzene ring substituents is 1. The molecule has 0 saturated carbocycles. The van der Waals surface area contributed by atoms with Crippen LogP contribution in [0, 0.1) is 10.1 Å². The first-order valence-electron chi connectivity index (χ1n) is 5.63. The molecule has 1 aromatic carbocycles. The Morgan fingerprint density at radius 2 is 1.94 bits per heavy atom. The molecule has 0 unspecified atom stereocenters. The van der Waals surface area contributed by atoms with Gasteiger partial charge in [-0.1, -0.05) is 6.92 Å². The Bertz CT molecular complexity index is 405. The number of nitro benzene ring substituents is 1. The summed E-state index contributed by atoms with van der Waals surface area (Å²) < 4.78 is 0. The van der Waals surface area contributed by atoms with Crippen molar-refractivity contribution in [2.24, 2.45) is 0 Å². The van der Waals surface area contributed by atoms with Gasteiger partial charge in [0.15, 0.2) is 0 Å². The number of rotatable bonds is 6. The summed E-state index contributed by atoms with van der Waals surface area (Å²) in [7, 11) is 0. The van der Waals surface area contributed by atoms with Gasteiger partial charge in [0.1, 0.15) is 0 Å². The molecule has 7 heteroatoms. The summed E-state index contributed by atoms with van der Waals surface area (Å²) in [6.07, 6.45) is 0. The number of benzene rings is 1. The van der Waals surface area contributed by atoms with E-state index in [1.165, 1.54) is 24.3 Å². The van der Waals surface area contributed by atoms with E-state index in [-0.39, 0.29) is 11.7 Å². The summed E-state index contributed by atoms with van der Waals surface area (Å²) in [5.74, 6) is 0. The summed E-state index contributed by atoms with van der Waals surface area (Å²) in [5.41, 5.74) is 0.509. The van der Waals surface area contributed by atoms with E-state index in [0.29, 0.717) is 18.8 Å². The Labute approximate surface area is 105 Å². The van der Waals surface area contributed by atoms with Gasteiger partial charge in [-0.2, -0.15) is 0 Å². The average Bonchev–Trinajstić information content (AvgIpc) is 2.35. The molecular weight excluding hydrogens is 236 g/mol. The van der Waals surface area contributed by atoms with E-state index in [1.807, 2.05) is 6.92 Å². The lowest BCUT2D eigenvalue weighted by Crippen LogP contribution is -2.34. The minimum Gasteiger partial charge on any atom is -0.337 e. The van der Waals surface area contributed by atoms with Crippen LogP contribution in [-0.2, 0) is 0 Å². The number of nitrogens with one attached hydrogen (secondary N) is 3. The molecule has 0 spiro atoms. The molecule has 1 aromatic rings. The zero-order valence-electron chi connectivity index (χ0n) is 10.1. The highest BCUT2D eigenvalue weighted by atomic mass is 16.6. The minimum absolute atomic E-state index is 0.00639. The zero-order valence-corrected chi connectivity index (χ0v) is 10.1. The molecule has 0 bridgehead atoms. The van der Waals surface area contributed by atoms with E-state index in [4.69, 9.17) is 0 Å². The average molecular weight is 252 g/mol. The Morgan fingerprint density at radius 3 is 2.50 bits per heavy atom. The van der Waals surface area contributed by atoms with Gasteiger partial charge in [0.2, 0.25) is 0 Å². The third-order valence-electron chi connectivity index (χ3n) is 2.17. The number of anilines is 1. The first kappa shape index (κ1) is 13.9. The highest BCUT2D eigenvalue weighted by molar-refractivity contribution is 5.89. The van der Waals surface area contributed by atoms with E-state index >= 15 is 0 Å². The number of hydrogen-bond acceptors (Lipinski definition) is 4. The Balaban J connectivity index is 2.37. The highest BCUT2D eigenvalue weighted by Gasteiger charge is 2.05. The van der Waals surface area contributed by atoms with Crippen LogP contribution in [0.5, 0.6) is 0 Å². The van der Waals surface area contributed by atoms with Crippen molar-refractivity contribution in [3.8, 4) is 0 Å². The van der Waals surface area contributed by atoms with Crippen LogP contribution < -0.4 is 16.0 Å². The second-order valence-corrected chi connectivity index (χ2v) is 3.54. The van der Waals surface area contributed by atoms with Crippen molar-refractivity contribution in [1.29, 1.82) is 0 Å². The molecule has 0 radical (unpaired) electrons. The van der Waals surface area contributed by atoms with Crippen LogP contribution in [0.25, 0.3) is 0 Å². The fraction of sp³-hybridized carbons (Fsp3) is 0.364. The molecule has 3 N–H and O–H groups in total. The Morgan fingerprint density at radius 1 is 1.28 bits per heavy atom. The third-order valence-corrected chi connectivity index (χ3v) is 2.17. The molecule has 0 fully saturated rings. The van der Waals surface area contributed by atoms with Crippen LogP contribution in [0.15, 0.2) is 24.3 Å². The maximum Gasteiger partial charge on any atom is 0.319 e. The van der Waals surface area contributed by atoms with Crippen molar-refractivity contribution in [3.05, 3.63) is 34.4 Å². The number of nitrogens with zero attached hydrogens (tertiary/aromatic N) is 1. The number of carbonyl (C=O) groups excluding carboxylic acids is 1. The summed E-state index contributed by atoms with van der Waals surface area (Å²) in [6.45, 7) is 4.05. The molecule has 7 nitrogen and oxygen atoms in total. The maximum absolute atomic E-state index is 11.4. The molecule has 98 valence electrons. The number of carbonyl (C=O) groups is 1. The molecule has 1 rings (SSSR count). The van der Waals surface area contributed by atoms with Gasteiger partial charge in [-0.3, -0.25) is 10.1 Å². The summed E-state index contributed by atoms with van der Waals surface area (Å²) in [6, 6.07) is 5.33. The molecule has 0 saturated heterocycles. The summed E-state index contributed by atoms with van der Waals surface area (Å²) in [4.78, 5) is 21.4. The normalized spacial score (nSPS) is 9.83. The van der Waals surface area contributed by atoms with Gasteiger partial charge in [-0.05, 0) is 18.7 Å². The largest absolute Gasteiger partial charge is 0.337 e. The summed E-state index contributed by atoms with van der Waals surface area (Å²) in [5, 5.41) is 18.7. The first-order valence-corrected chi connectivity index (χ1v) is 5.63. The fourth-order valence-corrected chi connectivity index (χ4v) is 1.28. The van der Waals surface area contributed by atoms with Gasteiger partial charge >= 0.3 is 6.03 Å². The molecule has 0 aliphatic carbocycles. The quantitative estimate of drug-likeness (QED) is 0.404. The molecule has 18 heavy (non-hydrogen) atoms. The minimum atomic E-state index is -0.486. The third kappa shape index (κ3) is 4.79. The van der Waals surface area contributed by atoms with Crippen molar-refractivity contribution in [3.63, 3.8) is 0 Å². The fourth-order valence-electron chi connectivity index (χ4n) is 1.28. The van der Waals surface area contributed by atoms with Crippen LogP contribution in [-0.4, -0.2) is 30.6 Å². The van der Waals surface area contributed by atoms with Crippen molar-refractivity contribution in [2.75, 3.05) is 25.0 Å². The lowest BCUT2D eigenvalue weighted by atomic mass is 10.3. The van der Waals surface area contributed by atoms with Crippen molar-refractivity contribution < 1.29 is 9.72 Å². The SMILES string of the molecule is CCNCCNC(=O)Nc1ccc([N+](=O)[O-])cc1. The van der Waals surface area contributed by atoms with Crippen molar-refractivity contribution >= 4 is 17.4 Å². The lowest BCUT2D eigenvalue weighted by Gasteiger charge is -2.07. The van der Waals surface area contributed by atoms with Gasteiger partial charge in [0, 0.05) is 30.9 Å². The topological polar surface area (TPSA) is 96.3 Å². The van der Waals surface area contributed by atoms with Crippen molar-refractivity contribution in [2.45, 2.75) is 6.92 Å². The summed E-state index contributed by atoms with van der Waals surface area (Å²) >= 11 is 0. The Hall–Kier alpha value is -2.15. The Kier molecular flexibility index (Phi) is 5.59. The van der Waals surface area contributed by atoms with Crippen LogP contribution in [0.2, 0.25) is 0 Å². The van der Waals surface area contributed by atoms with Gasteiger partial charge in [-0.25, -0.2) is 4.79 Å². The number of likely N-dealkylation sites (N-methyl/N-ethyl adjacent to an activating group) is 1. The van der Waals surface area contributed by atoms with Crippen LogP contribution in [0.1, 0.15) is 6.92 Å². The van der Waals surface area contributed by atoms with E-state index in [9.17, 15) is 14.9 Å². The number of amides is 2. The molecule has 0 aliphatic heterocycles. The predicted octanol–water partition coefficient (Wildman–Crippen LogP) is 1.33. The van der Waals surface area contributed by atoms with E-state index < -0.39 is 4.92 Å². The molecular formula is C11H16N4O3. The van der Waals surface area contributed by atoms with E-state index in [0.717, 1.165) is 6.54 Å². The second-order valence-electron chi connectivity index (χ2n) is 3.54. The molecule has 0 atom stereocenters. The highest BCUT2D eigenvalue weighted by Crippen LogP contribution is 2.14. The maximum atomic E-state index is 11.4. The van der Waals surface area contributed by atoms with Crippen LogP contribution in [0.4, 0.5) is 16.2 Å². The van der Waals surface area contributed by atoms with Crippen molar-refractivity contribution in [1.82, 2.24) is 10.6 Å². The molecule has 2 amide bonds. The monoisotopic (exact) mass is 252 g/mol. The number of hydrogen-bond donors (Lipinski definition) is 3. The van der Waals surface area contributed by atoms with Gasteiger partial charge < -0.3 is 16.0 Å². The number of urea groups is 1. The van der Waals surface area contributed by atoms with Gasteiger partial charge in [0.05, 0.1) is 4.92 Å². The zero-order chi connectivity index (χ0) is 13.4. The van der Waals surface area contributed by atoms with E-state index in [1.54, 1.807) is 0 Å². The second kappa shape index (κ2) is 7.23. The van der Waals surface area contributed by atoms with Gasteiger partial charge in [-0.15, -0.1) is 0 Å².